The number of nitrogens with zero attached hydrogens (tertiary/aromatic N) is 1. The number of hydrogen-bond acceptors (Lipinski definition) is 3. The van der Waals surface area contributed by atoms with E-state index in [1.807, 2.05) is 30.3 Å². The SMILES string of the molecule is N#C[C@]1(NC(=O)Cc2ccccc2)CCC[C@H]1O. The van der Waals surface area contributed by atoms with Crippen LogP contribution in [0.3, 0.4) is 0 Å². The lowest BCUT2D eigenvalue weighted by atomic mass is 9.96. The van der Waals surface area contributed by atoms with Crippen LogP contribution >= 0.6 is 0 Å². The first-order valence-corrected chi connectivity index (χ1v) is 6.10. The highest BCUT2D eigenvalue weighted by Crippen LogP contribution is 2.29. The molecule has 0 radical (unpaired) electrons. The number of rotatable bonds is 3. The molecule has 18 heavy (non-hydrogen) atoms. The number of nitriles is 1. The molecule has 0 heterocycles. The number of aliphatic hydroxyl groups excluding tert-OH is 1. The van der Waals surface area contributed by atoms with Crippen LogP contribution in [-0.2, 0) is 11.2 Å². The molecule has 1 aromatic rings. The molecule has 1 saturated carbocycles. The highest BCUT2D eigenvalue weighted by molar-refractivity contribution is 5.80. The second-order valence-electron chi connectivity index (χ2n) is 4.70. The first-order valence-electron chi connectivity index (χ1n) is 6.10. The van der Waals surface area contributed by atoms with Crippen LogP contribution in [0.25, 0.3) is 0 Å². The van der Waals surface area contributed by atoms with Crippen LogP contribution in [0.5, 0.6) is 0 Å². The molecule has 2 atom stereocenters. The van der Waals surface area contributed by atoms with Crippen LogP contribution in [0.1, 0.15) is 24.8 Å². The van der Waals surface area contributed by atoms with Crippen molar-refractivity contribution in [1.29, 1.82) is 5.26 Å². The molecule has 1 amide bonds. The standard InChI is InChI=1S/C14H16N2O2/c15-10-14(8-4-7-12(14)17)16-13(18)9-11-5-2-1-3-6-11/h1-3,5-6,12,17H,4,7-9H2,(H,16,18)/t12-,14-/m1/s1. The van der Waals surface area contributed by atoms with Crippen LogP contribution in [0.2, 0.25) is 0 Å². The van der Waals surface area contributed by atoms with Gasteiger partial charge in [-0.3, -0.25) is 4.79 Å². The lowest BCUT2D eigenvalue weighted by molar-refractivity contribution is -0.122. The summed E-state index contributed by atoms with van der Waals surface area (Å²) in [4.78, 5) is 11.9. The smallest absolute Gasteiger partial charge is 0.225 e. The van der Waals surface area contributed by atoms with E-state index >= 15 is 0 Å². The molecule has 1 aromatic carbocycles. The average molecular weight is 244 g/mol. The first kappa shape index (κ1) is 12.6. The lowest BCUT2D eigenvalue weighted by Crippen LogP contribution is -2.53. The van der Waals surface area contributed by atoms with Gasteiger partial charge in [0.15, 0.2) is 5.54 Å². The summed E-state index contributed by atoms with van der Waals surface area (Å²) in [7, 11) is 0. The molecule has 0 aliphatic heterocycles. The summed E-state index contributed by atoms with van der Waals surface area (Å²) in [6, 6.07) is 11.4. The third-order valence-corrected chi connectivity index (χ3v) is 3.39. The summed E-state index contributed by atoms with van der Waals surface area (Å²) in [5.41, 5.74) is -0.193. The van der Waals surface area contributed by atoms with Gasteiger partial charge in [0, 0.05) is 0 Å². The van der Waals surface area contributed by atoms with Crippen molar-refractivity contribution in [2.24, 2.45) is 0 Å². The number of benzene rings is 1. The van der Waals surface area contributed by atoms with E-state index in [0.717, 1.165) is 12.0 Å². The summed E-state index contributed by atoms with van der Waals surface area (Å²) < 4.78 is 0. The van der Waals surface area contributed by atoms with E-state index in [2.05, 4.69) is 11.4 Å². The highest BCUT2D eigenvalue weighted by Gasteiger charge is 2.43. The van der Waals surface area contributed by atoms with Crippen LogP contribution in [0.15, 0.2) is 30.3 Å². The van der Waals surface area contributed by atoms with Gasteiger partial charge >= 0.3 is 0 Å². The maximum absolute atomic E-state index is 11.9. The maximum atomic E-state index is 11.9. The minimum atomic E-state index is -1.09. The van der Waals surface area contributed by atoms with E-state index in [0.29, 0.717) is 12.8 Å². The maximum Gasteiger partial charge on any atom is 0.225 e. The Morgan fingerprint density at radius 2 is 2.22 bits per heavy atom. The van der Waals surface area contributed by atoms with Gasteiger partial charge in [-0.25, -0.2) is 0 Å². The Kier molecular flexibility index (Phi) is 3.63. The van der Waals surface area contributed by atoms with Gasteiger partial charge < -0.3 is 10.4 Å². The summed E-state index contributed by atoms with van der Waals surface area (Å²) in [5.74, 6) is -0.219. The molecular weight excluding hydrogens is 228 g/mol. The molecule has 1 aliphatic carbocycles. The minimum absolute atomic E-state index is 0.219. The zero-order chi connectivity index (χ0) is 13.0. The van der Waals surface area contributed by atoms with Crippen molar-refractivity contribution in [3.05, 3.63) is 35.9 Å². The van der Waals surface area contributed by atoms with Gasteiger partial charge in [-0.05, 0) is 24.8 Å². The molecule has 0 aromatic heterocycles. The fraction of sp³-hybridized carbons (Fsp3) is 0.429. The van der Waals surface area contributed by atoms with E-state index in [-0.39, 0.29) is 12.3 Å². The largest absolute Gasteiger partial charge is 0.390 e. The molecule has 1 aliphatic rings. The van der Waals surface area contributed by atoms with Crippen LogP contribution in [0.4, 0.5) is 0 Å². The Hall–Kier alpha value is -1.86. The zero-order valence-electron chi connectivity index (χ0n) is 10.1. The summed E-state index contributed by atoms with van der Waals surface area (Å²) in [5, 5.41) is 21.7. The monoisotopic (exact) mass is 244 g/mol. The molecule has 0 spiro atoms. The topological polar surface area (TPSA) is 73.1 Å². The van der Waals surface area contributed by atoms with Crippen molar-refractivity contribution in [3.63, 3.8) is 0 Å². The van der Waals surface area contributed by atoms with E-state index in [4.69, 9.17) is 0 Å². The van der Waals surface area contributed by atoms with E-state index < -0.39 is 11.6 Å². The van der Waals surface area contributed by atoms with Gasteiger partial charge in [0.2, 0.25) is 5.91 Å². The molecule has 0 saturated heterocycles. The molecule has 2 rings (SSSR count). The van der Waals surface area contributed by atoms with Crippen molar-refractivity contribution in [2.75, 3.05) is 0 Å². The van der Waals surface area contributed by atoms with Crippen molar-refractivity contribution < 1.29 is 9.90 Å². The summed E-state index contributed by atoms with van der Waals surface area (Å²) in [6.45, 7) is 0. The van der Waals surface area contributed by atoms with Crippen LogP contribution < -0.4 is 5.32 Å². The van der Waals surface area contributed by atoms with Crippen molar-refractivity contribution in [1.82, 2.24) is 5.32 Å². The molecular formula is C14H16N2O2. The van der Waals surface area contributed by atoms with E-state index in [1.54, 1.807) is 0 Å². The fourth-order valence-electron chi connectivity index (χ4n) is 2.37. The average Bonchev–Trinajstić information content (AvgIpc) is 2.72. The second kappa shape index (κ2) is 5.19. The number of aliphatic hydroxyl groups is 1. The van der Waals surface area contributed by atoms with Crippen LogP contribution in [-0.4, -0.2) is 22.7 Å². The fourth-order valence-corrected chi connectivity index (χ4v) is 2.37. The number of carbonyl (C=O) groups excluding carboxylic acids is 1. The van der Waals surface area contributed by atoms with Crippen molar-refractivity contribution in [3.8, 4) is 6.07 Å². The van der Waals surface area contributed by atoms with Gasteiger partial charge in [-0.15, -0.1) is 0 Å². The molecule has 4 nitrogen and oxygen atoms in total. The Labute approximate surface area is 106 Å². The molecule has 94 valence electrons. The minimum Gasteiger partial charge on any atom is -0.390 e. The van der Waals surface area contributed by atoms with Gasteiger partial charge in [-0.1, -0.05) is 30.3 Å². The molecule has 2 N–H and O–H groups in total. The van der Waals surface area contributed by atoms with E-state index in [1.165, 1.54) is 0 Å². The Morgan fingerprint density at radius 1 is 1.50 bits per heavy atom. The van der Waals surface area contributed by atoms with Gasteiger partial charge in [0.1, 0.15) is 0 Å². The van der Waals surface area contributed by atoms with Gasteiger partial charge in [-0.2, -0.15) is 5.26 Å². The zero-order valence-corrected chi connectivity index (χ0v) is 10.1. The summed E-state index contributed by atoms with van der Waals surface area (Å²) >= 11 is 0. The Morgan fingerprint density at radius 3 is 2.78 bits per heavy atom. The Balaban J connectivity index is 2.01. The summed E-state index contributed by atoms with van der Waals surface area (Å²) in [6.07, 6.45) is 1.32. The number of amides is 1. The molecule has 0 bridgehead atoms. The third-order valence-electron chi connectivity index (χ3n) is 3.39. The highest BCUT2D eigenvalue weighted by atomic mass is 16.3. The number of nitrogens with one attached hydrogen (secondary N) is 1. The predicted molar refractivity (Wildman–Crippen MR) is 66.5 cm³/mol. The lowest BCUT2D eigenvalue weighted by Gasteiger charge is -2.26. The van der Waals surface area contributed by atoms with Gasteiger partial charge in [0.25, 0.3) is 0 Å². The molecule has 0 unspecified atom stereocenters. The van der Waals surface area contributed by atoms with Crippen molar-refractivity contribution in [2.45, 2.75) is 37.3 Å². The third kappa shape index (κ3) is 2.52. The quantitative estimate of drug-likeness (QED) is 0.837. The molecule has 1 fully saturated rings. The van der Waals surface area contributed by atoms with Crippen LogP contribution in [0, 0.1) is 11.3 Å². The number of hydrogen-bond donors (Lipinski definition) is 2. The van der Waals surface area contributed by atoms with Gasteiger partial charge in [0.05, 0.1) is 18.6 Å². The number of carbonyl (C=O) groups is 1. The van der Waals surface area contributed by atoms with Crippen molar-refractivity contribution >= 4 is 5.91 Å². The predicted octanol–water partition coefficient (Wildman–Crippen LogP) is 1.15. The first-order chi connectivity index (χ1) is 8.66. The Bertz CT molecular complexity index is 466. The van der Waals surface area contributed by atoms with E-state index in [9.17, 15) is 15.2 Å². The second-order valence-corrected chi connectivity index (χ2v) is 4.70. The molecule has 4 heteroatoms. The normalized spacial score (nSPS) is 26.6.